The molecule has 0 aromatic carbocycles. The molecule has 1 aromatic heterocycles. The van der Waals surface area contributed by atoms with Crippen molar-refractivity contribution >= 4 is 0 Å². The number of nitrogens with zero attached hydrogens (tertiary/aromatic N) is 2. The summed E-state index contributed by atoms with van der Waals surface area (Å²) in [6.07, 6.45) is 7.68. The van der Waals surface area contributed by atoms with E-state index in [9.17, 15) is 0 Å². The zero-order chi connectivity index (χ0) is 13.7. The molecule has 1 unspecified atom stereocenters. The molecule has 1 saturated heterocycles. The minimum Gasteiger partial charge on any atom is -0.308 e. The van der Waals surface area contributed by atoms with Gasteiger partial charge in [-0.25, -0.2) is 0 Å². The van der Waals surface area contributed by atoms with Gasteiger partial charge < -0.3 is 5.32 Å². The molecule has 1 fully saturated rings. The topological polar surface area (TPSA) is 28.2 Å². The summed E-state index contributed by atoms with van der Waals surface area (Å²) >= 11 is 0. The lowest BCUT2D eigenvalue weighted by Gasteiger charge is -2.42. The highest BCUT2D eigenvalue weighted by atomic mass is 15.2. The van der Waals surface area contributed by atoms with Crippen LogP contribution in [-0.4, -0.2) is 35.1 Å². The first kappa shape index (κ1) is 14.5. The third kappa shape index (κ3) is 3.34. The summed E-state index contributed by atoms with van der Waals surface area (Å²) in [5.74, 6) is 0. The maximum absolute atomic E-state index is 4.30. The van der Waals surface area contributed by atoms with Crippen LogP contribution in [0.25, 0.3) is 0 Å². The summed E-state index contributed by atoms with van der Waals surface area (Å²) in [6.45, 7) is 10.4. The van der Waals surface area contributed by atoms with E-state index in [1.165, 1.54) is 31.5 Å². The minimum atomic E-state index is 0.134. The van der Waals surface area contributed by atoms with E-state index in [0.29, 0.717) is 6.04 Å². The standard InChI is InChI=1S/C16H27N3/c1-4-9-18-15(14-8-7-10-17-13-14)16(2,3)19-11-5-6-12-19/h7-8,10,13,15,18H,4-6,9,11-12H2,1-3H3. The van der Waals surface area contributed by atoms with Crippen LogP contribution in [0.15, 0.2) is 24.5 Å². The van der Waals surface area contributed by atoms with Crippen molar-refractivity contribution in [1.29, 1.82) is 0 Å². The van der Waals surface area contributed by atoms with Crippen molar-refractivity contribution in [3.63, 3.8) is 0 Å². The molecule has 1 aromatic rings. The van der Waals surface area contributed by atoms with Crippen molar-refractivity contribution < 1.29 is 0 Å². The van der Waals surface area contributed by atoms with E-state index in [4.69, 9.17) is 0 Å². The van der Waals surface area contributed by atoms with Crippen LogP contribution in [0.3, 0.4) is 0 Å². The normalized spacial score (nSPS) is 18.7. The zero-order valence-electron chi connectivity index (χ0n) is 12.5. The van der Waals surface area contributed by atoms with Crippen molar-refractivity contribution in [3.05, 3.63) is 30.1 Å². The van der Waals surface area contributed by atoms with Crippen LogP contribution in [0.2, 0.25) is 0 Å². The number of rotatable bonds is 6. The van der Waals surface area contributed by atoms with E-state index in [1.807, 2.05) is 18.5 Å². The van der Waals surface area contributed by atoms with Crippen LogP contribution >= 0.6 is 0 Å². The van der Waals surface area contributed by atoms with Crippen molar-refractivity contribution in [1.82, 2.24) is 15.2 Å². The van der Waals surface area contributed by atoms with Crippen LogP contribution in [-0.2, 0) is 0 Å². The monoisotopic (exact) mass is 261 g/mol. The summed E-state index contributed by atoms with van der Waals surface area (Å²) in [5.41, 5.74) is 1.43. The summed E-state index contributed by atoms with van der Waals surface area (Å²) in [4.78, 5) is 6.91. The quantitative estimate of drug-likeness (QED) is 0.853. The van der Waals surface area contributed by atoms with Crippen molar-refractivity contribution in [2.24, 2.45) is 0 Å². The predicted molar refractivity (Wildman–Crippen MR) is 80.2 cm³/mol. The van der Waals surface area contributed by atoms with Gasteiger partial charge in [0.15, 0.2) is 0 Å². The molecule has 2 heterocycles. The molecule has 0 bridgehead atoms. The van der Waals surface area contributed by atoms with Gasteiger partial charge >= 0.3 is 0 Å². The highest BCUT2D eigenvalue weighted by Gasteiger charge is 2.37. The first-order valence-electron chi connectivity index (χ1n) is 7.54. The van der Waals surface area contributed by atoms with E-state index in [1.54, 1.807) is 0 Å². The van der Waals surface area contributed by atoms with Gasteiger partial charge in [-0.1, -0.05) is 13.0 Å². The predicted octanol–water partition coefficient (Wildman–Crippen LogP) is 3.00. The summed E-state index contributed by atoms with van der Waals surface area (Å²) in [6, 6.07) is 4.58. The molecular formula is C16H27N3. The fourth-order valence-corrected chi connectivity index (χ4v) is 3.09. The smallest absolute Gasteiger partial charge is 0.0517 e. The number of pyridine rings is 1. The Morgan fingerprint density at radius 2 is 2.11 bits per heavy atom. The van der Waals surface area contributed by atoms with Crippen molar-refractivity contribution in [2.75, 3.05) is 19.6 Å². The number of aromatic nitrogens is 1. The van der Waals surface area contributed by atoms with Gasteiger partial charge in [-0.05, 0) is 64.4 Å². The van der Waals surface area contributed by atoms with Crippen LogP contribution < -0.4 is 5.32 Å². The molecule has 106 valence electrons. The third-order valence-electron chi connectivity index (χ3n) is 4.24. The first-order valence-corrected chi connectivity index (χ1v) is 7.54. The Morgan fingerprint density at radius 3 is 2.68 bits per heavy atom. The highest BCUT2D eigenvalue weighted by Crippen LogP contribution is 2.33. The second-order valence-electron chi connectivity index (χ2n) is 6.02. The summed E-state index contributed by atoms with van der Waals surface area (Å²) in [5, 5.41) is 3.72. The maximum Gasteiger partial charge on any atom is 0.0517 e. The Kier molecular flexibility index (Phi) is 4.94. The molecule has 0 radical (unpaired) electrons. The fourth-order valence-electron chi connectivity index (χ4n) is 3.09. The number of hydrogen-bond acceptors (Lipinski definition) is 3. The molecule has 19 heavy (non-hydrogen) atoms. The zero-order valence-corrected chi connectivity index (χ0v) is 12.5. The van der Waals surface area contributed by atoms with Crippen molar-refractivity contribution in [3.8, 4) is 0 Å². The first-order chi connectivity index (χ1) is 9.16. The number of nitrogens with one attached hydrogen (secondary N) is 1. The van der Waals surface area contributed by atoms with Gasteiger partial charge in [-0.2, -0.15) is 0 Å². The Balaban J connectivity index is 2.20. The minimum absolute atomic E-state index is 0.134. The molecule has 1 atom stereocenters. The summed E-state index contributed by atoms with van der Waals surface area (Å²) in [7, 11) is 0. The van der Waals surface area contributed by atoms with Crippen molar-refractivity contribution in [2.45, 2.75) is 51.6 Å². The maximum atomic E-state index is 4.30. The van der Waals surface area contributed by atoms with Crippen LogP contribution in [0.4, 0.5) is 0 Å². The van der Waals surface area contributed by atoms with Gasteiger partial charge in [0.05, 0.1) is 6.04 Å². The van der Waals surface area contributed by atoms with Crippen LogP contribution in [0.5, 0.6) is 0 Å². The van der Waals surface area contributed by atoms with Gasteiger partial charge in [0.2, 0.25) is 0 Å². The van der Waals surface area contributed by atoms with Gasteiger partial charge in [0.25, 0.3) is 0 Å². The average molecular weight is 261 g/mol. The van der Waals surface area contributed by atoms with E-state index in [0.717, 1.165) is 13.0 Å². The van der Waals surface area contributed by atoms with Crippen LogP contribution in [0, 0.1) is 0 Å². The van der Waals surface area contributed by atoms with Gasteiger partial charge in [-0.3, -0.25) is 9.88 Å². The average Bonchev–Trinajstić information content (AvgIpc) is 2.95. The lowest BCUT2D eigenvalue weighted by atomic mass is 9.87. The molecule has 3 heteroatoms. The van der Waals surface area contributed by atoms with E-state index in [2.05, 4.69) is 42.0 Å². The van der Waals surface area contributed by atoms with Crippen LogP contribution in [0.1, 0.15) is 51.6 Å². The van der Waals surface area contributed by atoms with E-state index in [-0.39, 0.29) is 5.54 Å². The lowest BCUT2D eigenvalue weighted by Crippen LogP contribution is -2.51. The van der Waals surface area contributed by atoms with E-state index >= 15 is 0 Å². The number of likely N-dealkylation sites (tertiary alicyclic amines) is 1. The molecular weight excluding hydrogens is 234 g/mol. The Morgan fingerprint density at radius 1 is 1.37 bits per heavy atom. The molecule has 0 amide bonds. The SMILES string of the molecule is CCCNC(c1cccnc1)C(C)(C)N1CCCC1. The molecule has 0 saturated carbocycles. The Labute approximate surface area is 117 Å². The third-order valence-corrected chi connectivity index (χ3v) is 4.24. The molecule has 1 aliphatic rings. The van der Waals surface area contributed by atoms with E-state index < -0.39 is 0 Å². The molecule has 2 rings (SSSR count). The number of hydrogen-bond donors (Lipinski definition) is 1. The molecule has 3 nitrogen and oxygen atoms in total. The Hall–Kier alpha value is -0.930. The molecule has 1 aliphatic heterocycles. The molecule has 0 aliphatic carbocycles. The Bertz CT molecular complexity index is 369. The molecule has 0 spiro atoms. The van der Waals surface area contributed by atoms with Gasteiger partial charge in [-0.15, -0.1) is 0 Å². The summed E-state index contributed by atoms with van der Waals surface area (Å²) < 4.78 is 0. The second kappa shape index (κ2) is 6.49. The molecule has 1 N–H and O–H groups in total. The fraction of sp³-hybridized carbons (Fsp3) is 0.688. The largest absolute Gasteiger partial charge is 0.308 e. The second-order valence-corrected chi connectivity index (χ2v) is 6.02. The highest BCUT2D eigenvalue weighted by molar-refractivity contribution is 5.19. The lowest BCUT2D eigenvalue weighted by molar-refractivity contribution is 0.106. The van der Waals surface area contributed by atoms with Gasteiger partial charge in [0.1, 0.15) is 0 Å². The van der Waals surface area contributed by atoms with Gasteiger partial charge in [0, 0.05) is 17.9 Å².